The molecule has 0 aromatic carbocycles. The summed E-state index contributed by atoms with van der Waals surface area (Å²) in [6, 6.07) is 0.528. The molecule has 1 rings (SSSR count). The van der Waals surface area contributed by atoms with Crippen LogP contribution in [0.4, 0.5) is 0 Å². The molecule has 0 saturated heterocycles. The van der Waals surface area contributed by atoms with Crippen molar-refractivity contribution >= 4 is 0 Å². The summed E-state index contributed by atoms with van der Waals surface area (Å²) in [7, 11) is 1.78. The van der Waals surface area contributed by atoms with Crippen molar-refractivity contribution in [2.24, 2.45) is 11.1 Å². The van der Waals surface area contributed by atoms with Crippen LogP contribution in [-0.2, 0) is 4.74 Å². The minimum absolute atomic E-state index is 0.181. The first-order valence-corrected chi connectivity index (χ1v) is 7.83. The first-order chi connectivity index (χ1) is 8.87. The Balaban J connectivity index is 2.86. The van der Waals surface area contributed by atoms with Gasteiger partial charge in [-0.05, 0) is 44.9 Å². The molecule has 0 amide bonds. The number of ether oxygens (including phenoxy) is 1. The summed E-state index contributed by atoms with van der Waals surface area (Å²) >= 11 is 0. The normalized spacial score (nSPS) is 27.8. The molecule has 0 aliphatic heterocycles. The lowest BCUT2D eigenvalue weighted by Gasteiger charge is -2.46. The average Bonchev–Trinajstić information content (AvgIpc) is 2.49. The van der Waals surface area contributed by atoms with Crippen molar-refractivity contribution in [2.45, 2.75) is 71.4 Å². The number of hydrogen-bond acceptors (Lipinski definition) is 3. The molecule has 1 aliphatic carbocycles. The van der Waals surface area contributed by atoms with Crippen LogP contribution >= 0.6 is 0 Å². The molecule has 3 heteroatoms. The van der Waals surface area contributed by atoms with Crippen molar-refractivity contribution in [3.05, 3.63) is 0 Å². The molecule has 114 valence electrons. The Morgan fingerprint density at radius 2 is 1.84 bits per heavy atom. The number of hydrogen-bond donors (Lipinski definition) is 1. The van der Waals surface area contributed by atoms with Gasteiger partial charge in [0.2, 0.25) is 0 Å². The predicted octanol–water partition coefficient (Wildman–Crippen LogP) is 3.03. The topological polar surface area (TPSA) is 38.5 Å². The molecule has 1 fully saturated rings. The van der Waals surface area contributed by atoms with Crippen molar-refractivity contribution in [3.8, 4) is 0 Å². The molecule has 0 aromatic rings. The molecule has 3 nitrogen and oxygen atoms in total. The van der Waals surface area contributed by atoms with E-state index in [0.29, 0.717) is 11.5 Å². The van der Waals surface area contributed by atoms with E-state index in [1.54, 1.807) is 7.11 Å². The largest absolute Gasteiger partial charge is 0.383 e. The van der Waals surface area contributed by atoms with Gasteiger partial charge in [0, 0.05) is 31.8 Å². The molecule has 1 atom stereocenters. The molecule has 1 saturated carbocycles. The van der Waals surface area contributed by atoms with Crippen LogP contribution in [0.25, 0.3) is 0 Å². The second-order valence-electron chi connectivity index (χ2n) is 7.23. The summed E-state index contributed by atoms with van der Waals surface area (Å²) in [5, 5.41) is 0. The maximum Gasteiger partial charge on any atom is 0.0590 e. The molecule has 0 radical (unpaired) electrons. The van der Waals surface area contributed by atoms with Crippen molar-refractivity contribution in [2.75, 3.05) is 26.8 Å². The summed E-state index contributed by atoms with van der Waals surface area (Å²) in [5.41, 5.74) is 6.88. The Hall–Kier alpha value is -0.120. The Morgan fingerprint density at radius 3 is 2.37 bits per heavy atom. The second-order valence-corrected chi connectivity index (χ2v) is 7.23. The van der Waals surface area contributed by atoms with E-state index in [1.807, 2.05) is 0 Å². The summed E-state index contributed by atoms with van der Waals surface area (Å²) in [6.07, 6.45) is 6.35. The fourth-order valence-corrected chi connectivity index (χ4v) is 3.56. The van der Waals surface area contributed by atoms with Gasteiger partial charge in [-0.2, -0.15) is 0 Å². The van der Waals surface area contributed by atoms with E-state index in [-0.39, 0.29) is 5.54 Å². The molecule has 1 aliphatic rings. The zero-order valence-corrected chi connectivity index (χ0v) is 13.7. The Morgan fingerprint density at radius 1 is 1.16 bits per heavy atom. The lowest BCUT2D eigenvalue weighted by atomic mass is 9.82. The van der Waals surface area contributed by atoms with E-state index in [1.165, 1.54) is 32.1 Å². The number of nitrogens with zero attached hydrogens (tertiary/aromatic N) is 1. The Bertz CT molecular complexity index is 265. The smallest absolute Gasteiger partial charge is 0.0590 e. The van der Waals surface area contributed by atoms with Gasteiger partial charge in [0.15, 0.2) is 0 Å². The lowest BCUT2D eigenvalue weighted by Crippen LogP contribution is -2.57. The average molecular weight is 270 g/mol. The summed E-state index contributed by atoms with van der Waals surface area (Å²) < 4.78 is 5.29. The van der Waals surface area contributed by atoms with Crippen molar-refractivity contribution in [1.82, 2.24) is 4.90 Å². The van der Waals surface area contributed by atoms with Gasteiger partial charge < -0.3 is 10.5 Å². The first-order valence-electron chi connectivity index (χ1n) is 7.83. The fourth-order valence-electron chi connectivity index (χ4n) is 3.56. The van der Waals surface area contributed by atoms with Crippen LogP contribution in [0, 0.1) is 5.41 Å². The van der Waals surface area contributed by atoms with Gasteiger partial charge >= 0.3 is 0 Å². The monoisotopic (exact) mass is 270 g/mol. The zero-order chi connectivity index (χ0) is 14.5. The fraction of sp³-hybridized carbons (Fsp3) is 1.00. The molecule has 0 spiro atoms. The van der Waals surface area contributed by atoms with Gasteiger partial charge in [0.25, 0.3) is 0 Å². The zero-order valence-electron chi connectivity index (χ0n) is 13.7. The third kappa shape index (κ3) is 4.44. The minimum Gasteiger partial charge on any atom is -0.383 e. The van der Waals surface area contributed by atoms with E-state index in [0.717, 1.165) is 19.7 Å². The maximum absolute atomic E-state index is 6.22. The van der Waals surface area contributed by atoms with E-state index < -0.39 is 0 Å². The number of rotatable bonds is 6. The van der Waals surface area contributed by atoms with Gasteiger partial charge in [0.05, 0.1) is 6.61 Å². The van der Waals surface area contributed by atoms with E-state index in [9.17, 15) is 0 Å². The van der Waals surface area contributed by atoms with Crippen LogP contribution in [0.15, 0.2) is 0 Å². The van der Waals surface area contributed by atoms with E-state index in [2.05, 4.69) is 32.6 Å². The third-order valence-electron chi connectivity index (χ3n) is 4.91. The maximum atomic E-state index is 6.22. The molecular formula is C16H34N2O. The number of methoxy groups -OCH3 is 1. The van der Waals surface area contributed by atoms with E-state index >= 15 is 0 Å². The van der Waals surface area contributed by atoms with Crippen LogP contribution in [0.1, 0.15) is 59.8 Å². The van der Waals surface area contributed by atoms with E-state index in [4.69, 9.17) is 10.5 Å². The molecule has 19 heavy (non-hydrogen) atoms. The number of nitrogens with two attached hydrogens (primary N) is 1. The minimum atomic E-state index is 0.181. The highest BCUT2D eigenvalue weighted by Gasteiger charge is 2.40. The highest BCUT2D eigenvalue weighted by atomic mass is 16.5. The highest BCUT2D eigenvalue weighted by Crippen LogP contribution is 2.40. The van der Waals surface area contributed by atoms with Crippen molar-refractivity contribution < 1.29 is 4.74 Å². The molecular weight excluding hydrogens is 236 g/mol. The van der Waals surface area contributed by atoms with Crippen molar-refractivity contribution in [3.63, 3.8) is 0 Å². The molecule has 0 heterocycles. The van der Waals surface area contributed by atoms with Gasteiger partial charge in [-0.1, -0.05) is 20.3 Å². The summed E-state index contributed by atoms with van der Waals surface area (Å²) in [4.78, 5) is 2.60. The first kappa shape index (κ1) is 16.9. The third-order valence-corrected chi connectivity index (χ3v) is 4.91. The quantitative estimate of drug-likeness (QED) is 0.754. The standard InChI is InChI=1S/C16H34N2O/c1-14(2)18(11-12-19-5)16(13-17)8-6-7-15(3,4)9-10-16/h14H,6-13,17H2,1-5H3. The molecule has 0 bridgehead atoms. The lowest BCUT2D eigenvalue weighted by molar-refractivity contribution is 0.0223. The second kappa shape index (κ2) is 7.05. The van der Waals surface area contributed by atoms with Crippen molar-refractivity contribution in [1.29, 1.82) is 0 Å². The molecule has 1 unspecified atom stereocenters. The van der Waals surface area contributed by atoms with Gasteiger partial charge in [-0.3, -0.25) is 4.90 Å². The van der Waals surface area contributed by atoms with Crippen LogP contribution in [0.5, 0.6) is 0 Å². The molecule has 0 aromatic heterocycles. The SMILES string of the molecule is COCCN(C(C)C)C1(CN)CCCC(C)(C)CC1. The van der Waals surface area contributed by atoms with Crippen LogP contribution in [-0.4, -0.2) is 43.3 Å². The predicted molar refractivity (Wildman–Crippen MR) is 82.4 cm³/mol. The van der Waals surface area contributed by atoms with Crippen LogP contribution in [0.3, 0.4) is 0 Å². The summed E-state index contributed by atoms with van der Waals surface area (Å²) in [6.45, 7) is 11.9. The van der Waals surface area contributed by atoms with Gasteiger partial charge in [-0.25, -0.2) is 0 Å². The Kier molecular flexibility index (Phi) is 6.28. The van der Waals surface area contributed by atoms with Gasteiger partial charge in [0.1, 0.15) is 0 Å². The van der Waals surface area contributed by atoms with Gasteiger partial charge in [-0.15, -0.1) is 0 Å². The Labute approximate surface area is 119 Å². The highest BCUT2D eigenvalue weighted by molar-refractivity contribution is 4.97. The van der Waals surface area contributed by atoms with Crippen LogP contribution in [0.2, 0.25) is 0 Å². The summed E-state index contributed by atoms with van der Waals surface area (Å²) in [5.74, 6) is 0. The molecule has 2 N–H and O–H groups in total. The van der Waals surface area contributed by atoms with Crippen LogP contribution < -0.4 is 5.73 Å².